The van der Waals surface area contributed by atoms with Crippen LogP contribution in [-0.2, 0) is 6.54 Å². The van der Waals surface area contributed by atoms with Crippen LogP contribution in [0.25, 0.3) is 0 Å². The average molecular weight is 377 g/mol. The lowest BCUT2D eigenvalue weighted by Gasteiger charge is -2.27. The Morgan fingerprint density at radius 1 is 1.32 bits per heavy atom. The van der Waals surface area contributed by atoms with Gasteiger partial charge in [0.25, 0.3) is 5.91 Å². The second-order valence-corrected chi connectivity index (χ2v) is 7.22. The van der Waals surface area contributed by atoms with Crippen molar-refractivity contribution in [3.63, 3.8) is 0 Å². The monoisotopic (exact) mass is 376 g/mol. The predicted octanol–water partition coefficient (Wildman–Crippen LogP) is 3.92. The van der Waals surface area contributed by atoms with Crippen molar-refractivity contribution in [3.05, 3.63) is 58.1 Å². The first kappa shape index (κ1) is 15.4. The molecule has 0 spiro atoms. The summed E-state index contributed by atoms with van der Waals surface area (Å²) in [6.07, 6.45) is 0. The lowest BCUT2D eigenvalue weighted by atomic mass is 10.1. The van der Waals surface area contributed by atoms with Crippen molar-refractivity contribution >= 4 is 39.3 Å². The van der Waals surface area contributed by atoms with Gasteiger partial charge in [0.2, 0.25) is 0 Å². The topological polar surface area (TPSA) is 32.3 Å². The highest BCUT2D eigenvalue weighted by Crippen LogP contribution is 2.34. The summed E-state index contributed by atoms with van der Waals surface area (Å²) in [5.74, 6) is 1.05. The summed E-state index contributed by atoms with van der Waals surface area (Å²) in [5.41, 5.74) is 2.92. The third kappa shape index (κ3) is 3.31. The van der Waals surface area contributed by atoms with Crippen molar-refractivity contribution in [2.75, 3.05) is 24.2 Å². The molecule has 3 nitrogen and oxygen atoms in total. The first-order valence-electron chi connectivity index (χ1n) is 7.15. The highest BCUT2D eigenvalue weighted by Gasteiger charge is 2.16. The Bertz CT molecular complexity index is 705. The number of nitrogens with zero attached hydrogens (tertiary/aromatic N) is 1. The highest BCUT2D eigenvalue weighted by atomic mass is 79.9. The van der Waals surface area contributed by atoms with Gasteiger partial charge in [-0.1, -0.05) is 34.1 Å². The van der Waals surface area contributed by atoms with E-state index < -0.39 is 0 Å². The zero-order valence-corrected chi connectivity index (χ0v) is 14.7. The molecule has 0 unspecified atom stereocenters. The predicted molar refractivity (Wildman–Crippen MR) is 95.7 cm³/mol. The van der Waals surface area contributed by atoms with Gasteiger partial charge >= 0.3 is 0 Å². The first-order chi connectivity index (χ1) is 10.6. The van der Waals surface area contributed by atoms with Gasteiger partial charge in [0.05, 0.1) is 5.69 Å². The van der Waals surface area contributed by atoms with Crippen LogP contribution >= 0.6 is 27.7 Å². The van der Waals surface area contributed by atoms with Crippen LogP contribution in [0.5, 0.6) is 0 Å². The first-order valence-corrected chi connectivity index (χ1v) is 8.92. The lowest BCUT2D eigenvalue weighted by molar-refractivity contribution is 0.0951. The maximum Gasteiger partial charge on any atom is 0.251 e. The zero-order valence-electron chi connectivity index (χ0n) is 12.3. The van der Waals surface area contributed by atoms with Crippen LogP contribution in [0.15, 0.2) is 51.8 Å². The summed E-state index contributed by atoms with van der Waals surface area (Å²) < 4.78 is 1.01. The van der Waals surface area contributed by atoms with E-state index in [4.69, 9.17) is 0 Å². The molecule has 1 heterocycles. The summed E-state index contributed by atoms with van der Waals surface area (Å²) in [6, 6.07) is 13.8. The largest absolute Gasteiger partial charge is 0.373 e. The standard InChI is InChI=1S/C17H17BrN2OS/c1-20-8-9-22-16-7-6-12(10-15(16)20)17(21)19-11-13-4-2-3-5-14(13)18/h2-7,10H,8-9,11H2,1H3,(H,19,21). The number of hydrogen-bond donors (Lipinski definition) is 1. The van der Waals surface area contributed by atoms with Crippen LogP contribution in [0, 0.1) is 0 Å². The van der Waals surface area contributed by atoms with Crippen LogP contribution in [0.1, 0.15) is 15.9 Å². The van der Waals surface area contributed by atoms with Gasteiger partial charge in [0.15, 0.2) is 0 Å². The second-order valence-electron chi connectivity index (χ2n) is 5.23. The summed E-state index contributed by atoms with van der Waals surface area (Å²) in [5, 5.41) is 2.98. The number of anilines is 1. The Kier molecular flexibility index (Phi) is 4.74. The maximum absolute atomic E-state index is 12.4. The molecule has 2 aromatic rings. The Morgan fingerprint density at radius 2 is 2.14 bits per heavy atom. The summed E-state index contributed by atoms with van der Waals surface area (Å²) >= 11 is 5.34. The van der Waals surface area contributed by atoms with Gasteiger partial charge in [-0.2, -0.15) is 0 Å². The van der Waals surface area contributed by atoms with E-state index in [-0.39, 0.29) is 5.91 Å². The van der Waals surface area contributed by atoms with Gasteiger partial charge in [0.1, 0.15) is 0 Å². The van der Waals surface area contributed by atoms with E-state index in [0.29, 0.717) is 12.1 Å². The van der Waals surface area contributed by atoms with E-state index in [0.717, 1.165) is 28.0 Å². The quantitative estimate of drug-likeness (QED) is 0.880. The Morgan fingerprint density at radius 3 is 2.95 bits per heavy atom. The summed E-state index contributed by atoms with van der Waals surface area (Å²) in [4.78, 5) is 15.8. The van der Waals surface area contributed by atoms with Crippen molar-refractivity contribution in [2.45, 2.75) is 11.4 Å². The smallest absolute Gasteiger partial charge is 0.251 e. The normalized spacial score (nSPS) is 13.6. The van der Waals surface area contributed by atoms with E-state index in [1.54, 1.807) is 0 Å². The van der Waals surface area contributed by atoms with E-state index in [2.05, 4.69) is 33.2 Å². The SMILES string of the molecule is CN1CCSc2ccc(C(=O)NCc3ccccc3Br)cc21. The average Bonchev–Trinajstić information content (AvgIpc) is 2.54. The van der Waals surface area contributed by atoms with Gasteiger partial charge in [-0.15, -0.1) is 11.8 Å². The molecule has 0 saturated carbocycles. The fourth-order valence-electron chi connectivity index (χ4n) is 2.41. The Labute approximate surface area is 143 Å². The number of benzene rings is 2. The van der Waals surface area contributed by atoms with E-state index in [9.17, 15) is 4.79 Å². The molecule has 1 aliphatic rings. The van der Waals surface area contributed by atoms with Crippen molar-refractivity contribution in [3.8, 4) is 0 Å². The van der Waals surface area contributed by atoms with Crippen LogP contribution in [0.2, 0.25) is 0 Å². The number of hydrogen-bond acceptors (Lipinski definition) is 3. The number of rotatable bonds is 3. The molecular formula is C17H17BrN2OS. The van der Waals surface area contributed by atoms with Crippen LogP contribution in [0.4, 0.5) is 5.69 Å². The minimum atomic E-state index is -0.0393. The molecule has 2 aromatic carbocycles. The van der Waals surface area contributed by atoms with Crippen molar-refractivity contribution in [1.29, 1.82) is 0 Å². The van der Waals surface area contributed by atoms with E-state index >= 15 is 0 Å². The highest BCUT2D eigenvalue weighted by molar-refractivity contribution is 9.10. The molecule has 0 fully saturated rings. The second kappa shape index (κ2) is 6.75. The van der Waals surface area contributed by atoms with Crippen molar-refractivity contribution in [1.82, 2.24) is 5.32 Å². The molecule has 114 valence electrons. The summed E-state index contributed by atoms with van der Waals surface area (Å²) in [6.45, 7) is 1.53. The number of carbonyl (C=O) groups excluding carboxylic acids is 1. The molecule has 0 saturated heterocycles. The third-order valence-corrected chi connectivity index (χ3v) is 5.53. The molecule has 0 aliphatic carbocycles. The van der Waals surface area contributed by atoms with Gasteiger partial charge in [-0.25, -0.2) is 0 Å². The number of amides is 1. The number of halogens is 1. The van der Waals surface area contributed by atoms with Crippen LogP contribution in [0.3, 0.4) is 0 Å². The van der Waals surface area contributed by atoms with Gasteiger partial charge in [-0.3, -0.25) is 4.79 Å². The molecule has 1 amide bonds. The number of thioether (sulfide) groups is 1. The number of fused-ring (bicyclic) bond motifs is 1. The minimum absolute atomic E-state index is 0.0393. The molecule has 0 bridgehead atoms. The zero-order chi connectivity index (χ0) is 15.5. The molecule has 1 N–H and O–H groups in total. The van der Waals surface area contributed by atoms with Crippen molar-refractivity contribution in [2.24, 2.45) is 0 Å². The molecular weight excluding hydrogens is 360 g/mol. The van der Waals surface area contributed by atoms with Crippen molar-refractivity contribution < 1.29 is 4.79 Å². The molecule has 5 heteroatoms. The third-order valence-electron chi connectivity index (χ3n) is 3.71. The molecule has 0 radical (unpaired) electrons. The molecule has 1 aliphatic heterocycles. The minimum Gasteiger partial charge on any atom is -0.373 e. The summed E-state index contributed by atoms with van der Waals surface area (Å²) in [7, 11) is 2.07. The van der Waals surface area contributed by atoms with E-state index in [1.165, 1.54) is 4.90 Å². The maximum atomic E-state index is 12.4. The van der Waals surface area contributed by atoms with E-state index in [1.807, 2.05) is 54.2 Å². The molecule has 0 atom stereocenters. The van der Waals surface area contributed by atoms with Gasteiger partial charge in [0, 0.05) is 40.8 Å². The Balaban J connectivity index is 1.73. The number of nitrogens with one attached hydrogen (secondary N) is 1. The number of carbonyl (C=O) groups is 1. The molecule has 3 rings (SSSR count). The van der Waals surface area contributed by atoms with Crippen LogP contribution in [-0.4, -0.2) is 25.3 Å². The van der Waals surface area contributed by atoms with Crippen LogP contribution < -0.4 is 10.2 Å². The van der Waals surface area contributed by atoms with Gasteiger partial charge in [-0.05, 0) is 29.8 Å². The Hall–Kier alpha value is -1.46. The fourth-order valence-corrected chi connectivity index (χ4v) is 3.95. The molecule has 22 heavy (non-hydrogen) atoms. The fraction of sp³-hybridized carbons (Fsp3) is 0.235. The molecule has 0 aromatic heterocycles. The lowest BCUT2D eigenvalue weighted by Crippen LogP contribution is -2.26. The van der Waals surface area contributed by atoms with Gasteiger partial charge < -0.3 is 10.2 Å².